The van der Waals surface area contributed by atoms with Crippen molar-refractivity contribution in [1.82, 2.24) is 0 Å². The first-order chi connectivity index (χ1) is 11.1. The van der Waals surface area contributed by atoms with Crippen LogP contribution in [-0.2, 0) is 4.79 Å². The summed E-state index contributed by atoms with van der Waals surface area (Å²) >= 11 is 0. The van der Waals surface area contributed by atoms with Gasteiger partial charge < -0.3 is 13.9 Å². The largest absolute Gasteiger partial charge is 0.497 e. The van der Waals surface area contributed by atoms with Crippen LogP contribution >= 0.6 is 0 Å². The molecular formula is C18H14O5. The first kappa shape index (κ1) is 14.8. The summed E-state index contributed by atoms with van der Waals surface area (Å²) in [6.07, 6.45) is 0. The van der Waals surface area contributed by atoms with Crippen molar-refractivity contribution in [2.45, 2.75) is 6.92 Å². The first-order valence-electron chi connectivity index (χ1n) is 6.97. The number of fused-ring (bicyclic) bond motifs is 1. The third-order valence-corrected chi connectivity index (χ3v) is 3.35. The second-order valence-corrected chi connectivity index (χ2v) is 4.97. The Balaban J connectivity index is 2.11. The topological polar surface area (TPSA) is 65.7 Å². The molecule has 0 saturated carbocycles. The number of carbonyl (C=O) groups excluding carboxylic acids is 1. The van der Waals surface area contributed by atoms with E-state index in [2.05, 4.69) is 0 Å². The normalized spacial score (nSPS) is 10.5. The van der Waals surface area contributed by atoms with E-state index in [1.165, 1.54) is 13.0 Å². The van der Waals surface area contributed by atoms with Gasteiger partial charge in [-0.1, -0.05) is 12.1 Å². The van der Waals surface area contributed by atoms with E-state index in [1.54, 1.807) is 37.4 Å². The lowest BCUT2D eigenvalue weighted by Crippen LogP contribution is -2.04. The van der Waals surface area contributed by atoms with E-state index in [0.717, 1.165) is 5.39 Å². The summed E-state index contributed by atoms with van der Waals surface area (Å²) in [4.78, 5) is 23.2. The Hall–Kier alpha value is -3.08. The summed E-state index contributed by atoms with van der Waals surface area (Å²) in [7, 11) is 1.57. The maximum absolute atomic E-state index is 12.3. The van der Waals surface area contributed by atoms with E-state index in [-0.39, 0.29) is 0 Å². The smallest absolute Gasteiger partial charge is 0.344 e. The van der Waals surface area contributed by atoms with Crippen LogP contribution in [0.2, 0.25) is 0 Å². The summed E-state index contributed by atoms with van der Waals surface area (Å²) in [5.74, 6) is 0.564. The van der Waals surface area contributed by atoms with Crippen LogP contribution < -0.4 is 15.1 Å². The van der Waals surface area contributed by atoms with Gasteiger partial charge in [0, 0.05) is 18.4 Å². The van der Waals surface area contributed by atoms with E-state index in [9.17, 15) is 9.59 Å². The highest BCUT2D eigenvalue weighted by Gasteiger charge is 2.10. The van der Waals surface area contributed by atoms with E-state index in [4.69, 9.17) is 13.9 Å². The average molecular weight is 310 g/mol. The van der Waals surface area contributed by atoms with Crippen LogP contribution in [0.3, 0.4) is 0 Å². The molecule has 0 fully saturated rings. The van der Waals surface area contributed by atoms with E-state index >= 15 is 0 Å². The molecule has 0 radical (unpaired) electrons. The van der Waals surface area contributed by atoms with Crippen molar-refractivity contribution in [2.24, 2.45) is 0 Å². The predicted molar refractivity (Wildman–Crippen MR) is 85.8 cm³/mol. The highest BCUT2D eigenvalue weighted by molar-refractivity contribution is 5.83. The van der Waals surface area contributed by atoms with Crippen molar-refractivity contribution in [2.75, 3.05) is 7.11 Å². The van der Waals surface area contributed by atoms with Gasteiger partial charge in [-0.3, -0.25) is 4.79 Å². The Morgan fingerprint density at radius 3 is 2.61 bits per heavy atom. The summed E-state index contributed by atoms with van der Waals surface area (Å²) in [6, 6.07) is 13.8. The number of benzene rings is 2. The molecule has 0 unspecified atom stereocenters. The molecule has 0 aliphatic carbocycles. The van der Waals surface area contributed by atoms with Crippen LogP contribution in [0.15, 0.2) is 57.7 Å². The number of carbonyl (C=O) groups is 1. The molecule has 23 heavy (non-hydrogen) atoms. The lowest BCUT2D eigenvalue weighted by molar-refractivity contribution is -0.131. The van der Waals surface area contributed by atoms with Gasteiger partial charge in [-0.05, 0) is 35.9 Å². The third-order valence-electron chi connectivity index (χ3n) is 3.35. The summed E-state index contributed by atoms with van der Waals surface area (Å²) in [6.45, 7) is 1.31. The van der Waals surface area contributed by atoms with E-state index < -0.39 is 11.6 Å². The molecule has 0 aliphatic heterocycles. The number of hydrogen-bond donors (Lipinski definition) is 0. The quantitative estimate of drug-likeness (QED) is 0.421. The van der Waals surface area contributed by atoms with Gasteiger partial charge in [-0.2, -0.15) is 0 Å². The van der Waals surface area contributed by atoms with Crippen molar-refractivity contribution in [3.05, 3.63) is 59.0 Å². The fourth-order valence-corrected chi connectivity index (χ4v) is 2.31. The Kier molecular flexibility index (Phi) is 3.85. The molecule has 116 valence electrons. The average Bonchev–Trinajstić information content (AvgIpc) is 2.53. The molecule has 0 amide bonds. The third kappa shape index (κ3) is 3.08. The highest BCUT2D eigenvalue weighted by atomic mass is 16.5. The van der Waals surface area contributed by atoms with Gasteiger partial charge in [0.05, 0.1) is 12.7 Å². The zero-order valence-electron chi connectivity index (χ0n) is 12.7. The standard InChI is InChI=1S/C18H14O5/c1-11(19)22-15-7-6-13-9-16(18(20)23-17(13)10-15)12-4-3-5-14(8-12)21-2/h3-10H,1-2H3. The molecule has 0 bridgehead atoms. The number of rotatable bonds is 3. The second-order valence-electron chi connectivity index (χ2n) is 4.97. The molecule has 0 spiro atoms. The molecule has 2 aromatic carbocycles. The Labute approximate surface area is 132 Å². The van der Waals surface area contributed by atoms with Crippen molar-refractivity contribution < 1.29 is 18.7 Å². The monoisotopic (exact) mass is 310 g/mol. The van der Waals surface area contributed by atoms with Crippen LogP contribution in [0.1, 0.15) is 6.92 Å². The minimum Gasteiger partial charge on any atom is -0.497 e. The molecule has 0 atom stereocenters. The maximum atomic E-state index is 12.3. The van der Waals surface area contributed by atoms with Crippen LogP contribution in [0, 0.1) is 0 Å². The molecular weight excluding hydrogens is 296 g/mol. The zero-order valence-corrected chi connectivity index (χ0v) is 12.7. The molecule has 3 rings (SSSR count). The SMILES string of the molecule is COc1cccc(-c2cc3ccc(OC(C)=O)cc3oc2=O)c1. The van der Waals surface area contributed by atoms with Gasteiger partial charge in [0.25, 0.3) is 0 Å². The maximum Gasteiger partial charge on any atom is 0.344 e. The van der Waals surface area contributed by atoms with Gasteiger partial charge in [0.1, 0.15) is 17.1 Å². The summed E-state index contributed by atoms with van der Waals surface area (Å²) in [5.41, 5.74) is 1.05. The highest BCUT2D eigenvalue weighted by Crippen LogP contribution is 2.26. The Morgan fingerprint density at radius 2 is 1.87 bits per heavy atom. The number of hydrogen-bond acceptors (Lipinski definition) is 5. The molecule has 3 aromatic rings. The number of ether oxygens (including phenoxy) is 2. The molecule has 0 saturated heterocycles. The zero-order chi connectivity index (χ0) is 16.4. The van der Waals surface area contributed by atoms with Crippen LogP contribution in [-0.4, -0.2) is 13.1 Å². The van der Waals surface area contributed by atoms with E-state index in [0.29, 0.717) is 28.2 Å². The van der Waals surface area contributed by atoms with Crippen LogP contribution in [0.25, 0.3) is 22.1 Å². The molecule has 5 heteroatoms. The lowest BCUT2D eigenvalue weighted by Gasteiger charge is -2.06. The minimum absolute atomic E-state index is 0.335. The van der Waals surface area contributed by atoms with Crippen LogP contribution in [0.4, 0.5) is 0 Å². The predicted octanol–water partition coefficient (Wildman–Crippen LogP) is 3.39. The van der Waals surface area contributed by atoms with Crippen molar-refractivity contribution >= 4 is 16.9 Å². The van der Waals surface area contributed by atoms with Crippen molar-refractivity contribution in [3.8, 4) is 22.6 Å². The van der Waals surface area contributed by atoms with Crippen molar-refractivity contribution in [1.29, 1.82) is 0 Å². The molecule has 1 aromatic heterocycles. The van der Waals surface area contributed by atoms with Gasteiger partial charge >= 0.3 is 11.6 Å². The summed E-state index contributed by atoms with van der Waals surface area (Å²) < 4.78 is 15.5. The van der Waals surface area contributed by atoms with Gasteiger partial charge in [0.15, 0.2) is 0 Å². The second kappa shape index (κ2) is 5.96. The number of methoxy groups -OCH3 is 1. The fraction of sp³-hybridized carbons (Fsp3) is 0.111. The van der Waals surface area contributed by atoms with Crippen LogP contribution in [0.5, 0.6) is 11.5 Å². The fourth-order valence-electron chi connectivity index (χ4n) is 2.31. The van der Waals surface area contributed by atoms with Gasteiger partial charge in [0.2, 0.25) is 0 Å². The minimum atomic E-state index is -0.467. The molecule has 0 aliphatic rings. The first-order valence-corrected chi connectivity index (χ1v) is 6.97. The molecule has 5 nitrogen and oxygen atoms in total. The number of esters is 1. The molecule has 0 N–H and O–H groups in total. The van der Waals surface area contributed by atoms with Gasteiger partial charge in [-0.25, -0.2) is 4.79 Å². The summed E-state index contributed by atoms with van der Waals surface area (Å²) in [5, 5.41) is 0.735. The Morgan fingerprint density at radius 1 is 1.04 bits per heavy atom. The van der Waals surface area contributed by atoms with Crippen molar-refractivity contribution in [3.63, 3.8) is 0 Å². The lowest BCUT2D eigenvalue weighted by atomic mass is 10.1. The Bertz CT molecular complexity index is 940. The van der Waals surface area contributed by atoms with E-state index in [1.807, 2.05) is 12.1 Å². The molecule has 1 heterocycles. The van der Waals surface area contributed by atoms with Gasteiger partial charge in [-0.15, -0.1) is 0 Å².